The Kier molecular flexibility index (Phi) is 4.67. The molecule has 0 aliphatic rings. The predicted octanol–water partition coefficient (Wildman–Crippen LogP) is 5.27. The lowest BCUT2D eigenvalue weighted by Crippen LogP contribution is -2.07. The van der Waals surface area contributed by atoms with Crippen molar-refractivity contribution in [3.05, 3.63) is 29.8 Å². The first-order chi connectivity index (χ1) is 14.2. The van der Waals surface area contributed by atoms with E-state index in [0.29, 0.717) is 23.5 Å². The van der Waals surface area contributed by atoms with Crippen molar-refractivity contribution in [3.63, 3.8) is 0 Å². The number of alkyl halides is 6. The van der Waals surface area contributed by atoms with Crippen LogP contribution in [0.15, 0.2) is 27.6 Å². The van der Waals surface area contributed by atoms with E-state index >= 15 is 0 Å². The number of hydrogen-bond donors (Lipinski definition) is 0. The van der Waals surface area contributed by atoms with Crippen LogP contribution < -0.4 is 0 Å². The number of nitrogens with zero attached hydrogens (tertiary/aromatic N) is 3. The summed E-state index contributed by atoms with van der Waals surface area (Å²) in [5, 5.41) is 0. The maximum atomic E-state index is 13.0. The van der Waals surface area contributed by atoms with Gasteiger partial charge >= 0.3 is 12.4 Å². The number of aromatic nitrogens is 3. The Hall–Kier alpha value is -2.61. The standard InChI is InChI=1S/C17H11F6N3O3S2/c1-3-31(27,28)14-12-9(5-11(29-12)17(21,22)23)30-13(14)15-25-7-4-10(16(18,19)20)24-6-8(7)26(15)2/h4-6H,3H2,1-2H3. The highest BCUT2D eigenvalue weighted by Gasteiger charge is 2.38. The van der Waals surface area contributed by atoms with Crippen molar-refractivity contribution in [2.45, 2.75) is 24.2 Å². The van der Waals surface area contributed by atoms with Gasteiger partial charge in [0, 0.05) is 13.1 Å². The molecular formula is C17H11F6N3O3S2. The van der Waals surface area contributed by atoms with Gasteiger partial charge in [0.2, 0.25) is 5.76 Å². The predicted molar refractivity (Wildman–Crippen MR) is 99.3 cm³/mol. The average molecular weight is 483 g/mol. The van der Waals surface area contributed by atoms with Gasteiger partial charge in [-0.15, -0.1) is 11.3 Å². The third-order valence-electron chi connectivity index (χ3n) is 4.55. The average Bonchev–Trinajstić information content (AvgIpc) is 3.30. The molecule has 0 unspecified atom stereocenters. The smallest absolute Gasteiger partial charge is 0.449 e. The second kappa shape index (κ2) is 6.69. The maximum Gasteiger partial charge on any atom is 0.449 e. The zero-order chi connectivity index (χ0) is 22.9. The van der Waals surface area contributed by atoms with Crippen molar-refractivity contribution in [1.82, 2.24) is 14.5 Å². The molecule has 31 heavy (non-hydrogen) atoms. The molecule has 0 saturated heterocycles. The summed E-state index contributed by atoms with van der Waals surface area (Å²) in [6.45, 7) is 1.31. The van der Waals surface area contributed by atoms with Gasteiger partial charge in [-0.05, 0) is 6.07 Å². The molecular weight excluding hydrogens is 472 g/mol. The van der Waals surface area contributed by atoms with Gasteiger partial charge < -0.3 is 8.98 Å². The van der Waals surface area contributed by atoms with Crippen LogP contribution in [-0.4, -0.2) is 28.7 Å². The molecule has 6 nitrogen and oxygen atoms in total. The number of rotatable bonds is 3. The Balaban J connectivity index is 2.01. The molecule has 4 heterocycles. The van der Waals surface area contributed by atoms with Gasteiger partial charge in [0.05, 0.1) is 32.6 Å². The van der Waals surface area contributed by atoms with Crippen LogP contribution in [0, 0.1) is 0 Å². The lowest BCUT2D eigenvalue weighted by molar-refractivity contribution is -0.152. The number of fused-ring (bicyclic) bond motifs is 2. The molecule has 0 aliphatic heterocycles. The molecule has 0 fully saturated rings. The van der Waals surface area contributed by atoms with E-state index in [0.717, 1.165) is 6.20 Å². The Morgan fingerprint density at radius 1 is 1.13 bits per heavy atom. The van der Waals surface area contributed by atoms with Gasteiger partial charge in [-0.25, -0.2) is 18.4 Å². The summed E-state index contributed by atoms with van der Waals surface area (Å²) in [6, 6.07) is 1.40. The van der Waals surface area contributed by atoms with Crippen LogP contribution in [0.4, 0.5) is 26.3 Å². The van der Waals surface area contributed by atoms with E-state index in [-0.39, 0.29) is 26.4 Å². The van der Waals surface area contributed by atoms with Crippen LogP contribution in [0.25, 0.3) is 32.0 Å². The topological polar surface area (TPSA) is 78.0 Å². The summed E-state index contributed by atoms with van der Waals surface area (Å²) in [4.78, 5) is 6.97. The summed E-state index contributed by atoms with van der Waals surface area (Å²) < 4.78 is 109. The number of sulfone groups is 1. The third kappa shape index (κ3) is 3.46. The zero-order valence-electron chi connectivity index (χ0n) is 15.6. The van der Waals surface area contributed by atoms with Crippen molar-refractivity contribution in [3.8, 4) is 10.7 Å². The van der Waals surface area contributed by atoms with Crippen LogP contribution in [0.5, 0.6) is 0 Å². The Morgan fingerprint density at radius 2 is 1.81 bits per heavy atom. The number of pyridine rings is 1. The summed E-state index contributed by atoms with van der Waals surface area (Å²) >= 11 is 0.696. The third-order valence-corrected chi connectivity index (χ3v) is 7.57. The van der Waals surface area contributed by atoms with Gasteiger partial charge in [0.25, 0.3) is 0 Å². The van der Waals surface area contributed by atoms with E-state index in [9.17, 15) is 34.8 Å². The number of hydrogen-bond acceptors (Lipinski definition) is 6. The van der Waals surface area contributed by atoms with Gasteiger partial charge in [0.1, 0.15) is 10.6 Å². The van der Waals surface area contributed by atoms with Crippen molar-refractivity contribution in [1.29, 1.82) is 0 Å². The van der Waals surface area contributed by atoms with E-state index in [1.807, 2.05) is 0 Å². The van der Waals surface area contributed by atoms with Crippen molar-refractivity contribution in [2.24, 2.45) is 7.05 Å². The molecule has 4 aromatic rings. The molecule has 14 heteroatoms. The largest absolute Gasteiger partial charge is 0.449 e. The fourth-order valence-electron chi connectivity index (χ4n) is 3.03. The van der Waals surface area contributed by atoms with Gasteiger partial charge in [-0.2, -0.15) is 26.3 Å². The lowest BCUT2D eigenvalue weighted by atomic mass is 10.3. The highest BCUT2D eigenvalue weighted by molar-refractivity contribution is 7.92. The minimum Gasteiger partial charge on any atom is -0.449 e. The van der Waals surface area contributed by atoms with Gasteiger partial charge in [0.15, 0.2) is 21.2 Å². The number of imidazole rings is 1. The first-order valence-corrected chi connectivity index (χ1v) is 11.0. The zero-order valence-corrected chi connectivity index (χ0v) is 17.2. The Labute approximate surface area is 174 Å². The summed E-state index contributed by atoms with van der Waals surface area (Å²) in [6.07, 6.45) is -8.58. The Morgan fingerprint density at radius 3 is 2.39 bits per heavy atom. The second-order valence-corrected chi connectivity index (χ2v) is 9.78. The SMILES string of the molecule is CCS(=O)(=O)c1c(-c2nc3cc(C(F)(F)F)ncc3n2C)sc2cc(C(F)(F)F)oc12. The van der Waals surface area contributed by atoms with E-state index in [2.05, 4.69) is 9.97 Å². The van der Waals surface area contributed by atoms with Crippen molar-refractivity contribution >= 4 is 42.5 Å². The van der Waals surface area contributed by atoms with Crippen LogP contribution in [0.3, 0.4) is 0 Å². The first kappa shape index (κ1) is 21.6. The molecule has 0 atom stereocenters. The quantitative estimate of drug-likeness (QED) is 0.371. The second-order valence-electron chi connectivity index (χ2n) is 6.52. The van der Waals surface area contributed by atoms with E-state index in [1.54, 1.807) is 0 Å². The number of thiophene rings is 1. The van der Waals surface area contributed by atoms with E-state index in [1.165, 1.54) is 18.5 Å². The van der Waals surface area contributed by atoms with Gasteiger partial charge in [-0.1, -0.05) is 6.92 Å². The van der Waals surface area contributed by atoms with Crippen LogP contribution in [0.1, 0.15) is 18.4 Å². The highest BCUT2D eigenvalue weighted by Crippen LogP contribution is 2.46. The van der Waals surface area contributed by atoms with E-state index < -0.39 is 49.9 Å². The molecule has 0 radical (unpaired) electrons. The fourth-order valence-corrected chi connectivity index (χ4v) is 5.78. The minimum absolute atomic E-state index is 0.0309. The van der Waals surface area contributed by atoms with Crippen LogP contribution in [-0.2, 0) is 29.2 Å². The molecule has 4 aromatic heterocycles. The van der Waals surface area contributed by atoms with Crippen LogP contribution in [0.2, 0.25) is 0 Å². The Bertz CT molecular complexity index is 1430. The van der Waals surface area contributed by atoms with Gasteiger partial charge in [-0.3, -0.25) is 0 Å². The molecule has 0 spiro atoms. The lowest BCUT2D eigenvalue weighted by Gasteiger charge is -2.06. The summed E-state index contributed by atoms with van der Waals surface area (Å²) in [5.41, 5.74) is -1.55. The van der Waals surface area contributed by atoms with Crippen molar-refractivity contribution in [2.75, 3.05) is 5.75 Å². The fraction of sp³-hybridized carbons (Fsp3) is 0.294. The molecule has 0 N–H and O–H groups in total. The molecule has 0 bridgehead atoms. The highest BCUT2D eigenvalue weighted by atomic mass is 32.2. The minimum atomic E-state index is -4.82. The summed E-state index contributed by atoms with van der Waals surface area (Å²) in [7, 11) is -2.64. The monoisotopic (exact) mass is 483 g/mol. The molecule has 166 valence electrons. The number of halogens is 6. The molecule has 0 aromatic carbocycles. The van der Waals surface area contributed by atoms with Crippen molar-refractivity contribution < 1.29 is 39.2 Å². The van der Waals surface area contributed by atoms with E-state index in [4.69, 9.17) is 4.42 Å². The first-order valence-electron chi connectivity index (χ1n) is 8.50. The number of aryl methyl sites for hydroxylation is 1. The molecule has 0 aliphatic carbocycles. The number of furan rings is 1. The molecule has 0 amide bonds. The summed E-state index contributed by atoms with van der Waals surface area (Å²) in [5.74, 6) is -1.82. The molecule has 4 rings (SSSR count). The van der Waals surface area contributed by atoms with Crippen LogP contribution >= 0.6 is 11.3 Å². The molecule has 0 saturated carbocycles. The maximum absolute atomic E-state index is 13.0. The normalized spacial score (nSPS) is 13.5.